The van der Waals surface area contributed by atoms with Crippen LogP contribution in [-0.2, 0) is 23.7 Å². The van der Waals surface area contributed by atoms with Crippen LogP contribution in [0.15, 0.2) is 0 Å². The predicted octanol–water partition coefficient (Wildman–Crippen LogP) is 0.0139. The number of carbonyl (C=O) groups excluding carboxylic acids is 1. The highest BCUT2D eigenvalue weighted by Crippen LogP contribution is 2.38. The summed E-state index contributed by atoms with van der Waals surface area (Å²) >= 11 is 0. The molecule has 0 radical (unpaired) electrons. The minimum Gasteiger partial charge on any atom is -0.354 e. The first-order valence-corrected chi connectivity index (χ1v) is 5.80. The maximum atomic E-state index is 11.8. The Morgan fingerprint density at radius 1 is 1.35 bits per heavy atom. The fourth-order valence-electron chi connectivity index (χ4n) is 2.24. The maximum Gasteiger partial charge on any atom is 0.252 e. The highest BCUT2D eigenvalue weighted by atomic mass is 16.8. The predicted molar refractivity (Wildman–Crippen MR) is 58.2 cm³/mol. The van der Waals surface area contributed by atoms with Gasteiger partial charge in [-0.25, -0.2) is 0 Å². The van der Waals surface area contributed by atoms with Crippen LogP contribution in [0, 0.1) is 0 Å². The molecular formula is C11H19NO5. The Morgan fingerprint density at radius 3 is 2.59 bits per heavy atom. The highest BCUT2D eigenvalue weighted by Gasteiger charge is 2.57. The number of likely N-dealkylation sites (N-methyl/N-ethyl adjacent to an activating group) is 1. The monoisotopic (exact) mass is 245 g/mol. The van der Waals surface area contributed by atoms with Gasteiger partial charge >= 0.3 is 0 Å². The summed E-state index contributed by atoms with van der Waals surface area (Å²) in [5, 5.41) is 2.72. The lowest BCUT2D eigenvalue weighted by atomic mass is 10.1. The van der Waals surface area contributed by atoms with E-state index in [0.29, 0.717) is 6.54 Å². The molecule has 17 heavy (non-hydrogen) atoms. The second kappa shape index (κ2) is 4.53. The number of rotatable bonds is 3. The first-order valence-electron chi connectivity index (χ1n) is 5.80. The van der Waals surface area contributed by atoms with Gasteiger partial charge in [-0.15, -0.1) is 0 Å². The van der Waals surface area contributed by atoms with Crippen molar-refractivity contribution < 1.29 is 23.7 Å². The molecule has 0 aliphatic carbocycles. The zero-order valence-electron chi connectivity index (χ0n) is 10.6. The van der Waals surface area contributed by atoms with Crippen molar-refractivity contribution in [2.45, 2.75) is 51.2 Å². The summed E-state index contributed by atoms with van der Waals surface area (Å²) in [7, 11) is 1.52. The highest BCUT2D eigenvalue weighted by molar-refractivity contribution is 5.82. The molecule has 0 aromatic rings. The normalized spacial score (nSPS) is 39.1. The zero-order valence-corrected chi connectivity index (χ0v) is 10.6. The van der Waals surface area contributed by atoms with Gasteiger partial charge in [-0.3, -0.25) is 4.79 Å². The van der Waals surface area contributed by atoms with Crippen LogP contribution in [0.4, 0.5) is 0 Å². The summed E-state index contributed by atoms with van der Waals surface area (Å²) in [4.78, 5) is 11.8. The molecule has 0 unspecified atom stereocenters. The molecule has 2 aliphatic rings. The molecule has 2 rings (SSSR count). The molecular weight excluding hydrogens is 226 g/mol. The van der Waals surface area contributed by atoms with Crippen LogP contribution in [0.2, 0.25) is 0 Å². The Labute approximate surface area is 101 Å². The molecule has 6 nitrogen and oxygen atoms in total. The van der Waals surface area contributed by atoms with Gasteiger partial charge in [-0.05, 0) is 20.8 Å². The van der Waals surface area contributed by atoms with Gasteiger partial charge in [0, 0.05) is 13.7 Å². The van der Waals surface area contributed by atoms with Crippen molar-refractivity contribution in [3.63, 3.8) is 0 Å². The number of hydrogen-bond donors (Lipinski definition) is 1. The third-order valence-electron chi connectivity index (χ3n) is 2.85. The number of hydrogen-bond acceptors (Lipinski definition) is 5. The molecule has 98 valence electrons. The number of amides is 1. The minimum absolute atomic E-state index is 0.191. The summed E-state index contributed by atoms with van der Waals surface area (Å²) in [6.45, 7) is 6.03. The third kappa shape index (κ3) is 2.30. The van der Waals surface area contributed by atoms with E-state index < -0.39 is 24.3 Å². The molecule has 0 aromatic heterocycles. The quantitative estimate of drug-likeness (QED) is 0.759. The first-order chi connectivity index (χ1) is 7.98. The molecule has 2 heterocycles. The number of nitrogens with one attached hydrogen (secondary N) is 1. The number of fused-ring (bicyclic) bond motifs is 1. The molecule has 0 saturated carbocycles. The summed E-state index contributed by atoms with van der Waals surface area (Å²) in [6.07, 6.45) is -2.01. The molecule has 1 N–H and O–H groups in total. The lowest BCUT2D eigenvalue weighted by molar-refractivity contribution is -0.225. The average Bonchev–Trinajstić information content (AvgIpc) is 2.71. The van der Waals surface area contributed by atoms with Crippen molar-refractivity contribution in [1.29, 1.82) is 0 Å². The first kappa shape index (κ1) is 12.8. The van der Waals surface area contributed by atoms with Crippen LogP contribution >= 0.6 is 0 Å². The Balaban J connectivity index is 2.12. The largest absolute Gasteiger partial charge is 0.354 e. The molecule has 2 fully saturated rings. The van der Waals surface area contributed by atoms with Gasteiger partial charge < -0.3 is 24.3 Å². The Kier molecular flexibility index (Phi) is 3.40. The van der Waals surface area contributed by atoms with E-state index in [0.717, 1.165) is 0 Å². The van der Waals surface area contributed by atoms with Gasteiger partial charge in [-0.1, -0.05) is 0 Å². The van der Waals surface area contributed by atoms with Crippen molar-refractivity contribution in [2.24, 2.45) is 0 Å². The van der Waals surface area contributed by atoms with E-state index in [2.05, 4.69) is 5.32 Å². The molecule has 2 aliphatic heterocycles. The zero-order chi connectivity index (χ0) is 12.6. The minimum atomic E-state index is -0.708. The topological polar surface area (TPSA) is 66.0 Å². The van der Waals surface area contributed by atoms with Crippen molar-refractivity contribution in [3.8, 4) is 0 Å². The lowest BCUT2D eigenvalue weighted by Crippen LogP contribution is -2.42. The van der Waals surface area contributed by atoms with Crippen molar-refractivity contribution in [3.05, 3.63) is 0 Å². The standard InChI is InChI=1S/C11H19NO5/c1-5-12-9(13)7-6-8(10(14-4)15-7)17-11(2,3)16-6/h6-8,10H,5H2,1-4H3,(H,12,13)/t6-,7+,8-,10-/m1/s1. The van der Waals surface area contributed by atoms with Crippen LogP contribution in [-0.4, -0.2) is 50.0 Å². The van der Waals surface area contributed by atoms with Gasteiger partial charge in [0.15, 0.2) is 18.2 Å². The molecule has 2 saturated heterocycles. The average molecular weight is 245 g/mol. The van der Waals surface area contributed by atoms with Crippen LogP contribution in [0.5, 0.6) is 0 Å². The van der Waals surface area contributed by atoms with E-state index in [1.807, 2.05) is 20.8 Å². The van der Waals surface area contributed by atoms with Gasteiger partial charge in [-0.2, -0.15) is 0 Å². The molecule has 4 atom stereocenters. The summed E-state index contributed by atoms with van der Waals surface area (Å²) in [6, 6.07) is 0. The van der Waals surface area contributed by atoms with E-state index >= 15 is 0 Å². The lowest BCUT2D eigenvalue weighted by Gasteiger charge is -2.23. The number of carbonyl (C=O) groups is 1. The second-order valence-electron chi connectivity index (χ2n) is 4.62. The summed E-state index contributed by atoms with van der Waals surface area (Å²) in [5.41, 5.74) is 0. The van der Waals surface area contributed by atoms with E-state index in [4.69, 9.17) is 18.9 Å². The Bertz CT molecular complexity index is 306. The van der Waals surface area contributed by atoms with Crippen LogP contribution in [0.25, 0.3) is 0 Å². The maximum absolute atomic E-state index is 11.8. The fourth-order valence-corrected chi connectivity index (χ4v) is 2.24. The van der Waals surface area contributed by atoms with Crippen LogP contribution in [0.3, 0.4) is 0 Å². The fraction of sp³-hybridized carbons (Fsp3) is 0.909. The van der Waals surface area contributed by atoms with Gasteiger partial charge in [0.1, 0.15) is 12.2 Å². The van der Waals surface area contributed by atoms with E-state index in [-0.39, 0.29) is 12.0 Å². The van der Waals surface area contributed by atoms with Crippen LogP contribution < -0.4 is 5.32 Å². The van der Waals surface area contributed by atoms with Crippen molar-refractivity contribution in [2.75, 3.05) is 13.7 Å². The summed E-state index contributed by atoms with van der Waals surface area (Å²) < 4.78 is 22.1. The van der Waals surface area contributed by atoms with Gasteiger partial charge in [0.05, 0.1) is 0 Å². The molecule has 0 spiro atoms. The smallest absolute Gasteiger partial charge is 0.252 e. The van der Waals surface area contributed by atoms with E-state index in [1.165, 1.54) is 7.11 Å². The van der Waals surface area contributed by atoms with Crippen LogP contribution in [0.1, 0.15) is 20.8 Å². The van der Waals surface area contributed by atoms with Gasteiger partial charge in [0.25, 0.3) is 5.91 Å². The van der Waals surface area contributed by atoms with Gasteiger partial charge in [0.2, 0.25) is 0 Å². The van der Waals surface area contributed by atoms with E-state index in [1.54, 1.807) is 0 Å². The number of ether oxygens (including phenoxy) is 4. The second-order valence-corrected chi connectivity index (χ2v) is 4.62. The molecule has 1 amide bonds. The molecule has 6 heteroatoms. The van der Waals surface area contributed by atoms with Crippen molar-refractivity contribution >= 4 is 5.91 Å². The third-order valence-corrected chi connectivity index (χ3v) is 2.85. The molecule has 0 aromatic carbocycles. The Morgan fingerprint density at radius 2 is 2.00 bits per heavy atom. The SMILES string of the molecule is CCNC(=O)[C@H]1O[C@@H](OC)[C@@H]2OC(C)(C)O[C@@H]21. The Hall–Kier alpha value is -0.690. The number of methoxy groups -OCH3 is 1. The van der Waals surface area contributed by atoms with Crippen molar-refractivity contribution in [1.82, 2.24) is 5.32 Å². The van der Waals surface area contributed by atoms with E-state index in [9.17, 15) is 4.79 Å². The molecule has 0 bridgehead atoms. The summed E-state index contributed by atoms with van der Waals surface area (Å²) in [5.74, 6) is -0.899.